The number of carbonyl (C=O) groups excluding carboxylic acids is 2. The molecule has 0 aromatic heterocycles. The van der Waals surface area contributed by atoms with E-state index in [1.54, 1.807) is 4.90 Å². The molecular formula is C27H33F2N3O2. The third kappa shape index (κ3) is 5.46. The van der Waals surface area contributed by atoms with Gasteiger partial charge in [-0.15, -0.1) is 0 Å². The van der Waals surface area contributed by atoms with Gasteiger partial charge < -0.3 is 10.2 Å². The third-order valence-electron chi connectivity index (χ3n) is 7.12. The van der Waals surface area contributed by atoms with Gasteiger partial charge in [-0.05, 0) is 54.5 Å². The van der Waals surface area contributed by atoms with Crippen molar-refractivity contribution in [2.45, 2.75) is 51.5 Å². The highest BCUT2D eigenvalue weighted by Crippen LogP contribution is 2.32. The number of carbonyl (C=O) groups is 2. The Hall–Kier alpha value is -2.80. The molecule has 0 unspecified atom stereocenters. The van der Waals surface area contributed by atoms with E-state index in [4.69, 9.17) is 0 Å². The highest BCUT2D eigenvalue weighted by molar-refractivity contribution is 5.96. The second-order valence-electron chi connectivity index (χ2n) is 9.71. The zero-order chi connectivity index (χ0) is 24.2. The molecule has 1 atom stereocenters. The molecule has 2 amide bonds. The Balaban J connectivity index is 1.43. The lowest BCUT2D eigenvalue weighted by molar-refractivity contribution is -0.123. The number of halogens is 2. The molecular weight excluding hydrogens is 436 g/mol. The van der Waals surface area contributed by atoms with Gasteiger partial charge in [-0.2, -0.15) is 0 Å². The lowest BCUT2D eigenvalue weighted by Crippen LogP contribution is -2.57. The van der Waals surface area contributed by atoms with Gasteiger partial charge in [0.2, 0.25) is 5.91 Å². The van der Waals surface area contributed by atoms with Crippen molar-refractivity contribution < 1.29 is 18.4 Å². The molecule has 1 aliphatic carbocycles. The van der Waals surface area contributed by atoms with E-state index in [0.29, 0.717) is 32.1 Å². The largest absolute Gasteiger partial charge is 0.336 e. The number of hydrogen-bond donors (Lipinski definition) is 1. The SMILES string of the molecule is CC(C)c1ccc(NC(=O)[C@@H](C2CCCC2)N2CCN(C(=O)c3ccc(F)cc3F)CC2)cc1. The van der Waals surface area contributed by atoms with Crippen LogP contribution in [0.4, 0.5) is 14.5 Å². The number of nitrogens with one attached hydrogen (secondary N) is 1. The number of hydrogen-bond acceptors (Lipinski definition) is 3. The van der Waals surface area contributed by atoms with Crippen LogP contribution >= 0.6 is 0 Å². The van der Waals surface area contributed by atoms with Crippen molar-refractivity contribution >= 4 is 17.5 Å². The quantitative estimate of drug-likeness (QED) is 0.645. The van der Waals surface area contributed by atoms with Crippen molar-refractivity contribution in [3.63, 3.8) is 0 Å². The van der Waals surface area contributed by atoms with Crippen molar-refractivity contribution in [3.05, 3.63) is 65.2 Å². The van der Waals surface area contributed by atoms with Crippen molar-refractivity contribution in [1.82, 2.24) is 9.80 Å². The number of amides is 2. The maximum Gasteiger partial charge on any atom is 0.256 e. The van der Waals surface area contributed by atoms with Crippen LogP contribution in [-0.4, -0.2) is 53.8 Å². The fourth-order valence-corrected chi connectivity index (χ4v) is 5.16. The number of anilines is 1. The summed E-state index contributed by atoms with van der Waals surface area (Å²) in [5.41, 5.74) is 1.89. The predicted molar refractivity (Wildman–Crippen MR) is 129 cm³/mol. The molecule has 2 aromatic rings. The van der Waals surface area contributed by atoms with Gasteiger partial charge >= 0.3 is 0 Å². The maximum absolute atomic E-state index is 14.1. The summed E-state index contributed by atoms with van der Waals surface area (Å²) in [4.78, 5) is 29.9. The minimum Gasteiger partial charge on any atom is -0.336 e. The van der Waals surface area contributed by atoms with E-state index in [1.807, 2.05) is 24.3 Å². The zero-order valence-electron chi connectivity index (χ0n) is 19.9. The van der Waals surface area contributed by atoms with Crippen LogP contribution in [0.3, 0.4) is 0 Å². The third-order valence-corrected chi connectivity index (χ3v) is 7.12. The molecule has 1 N–H and O–H groups in total. The summed E-state index contributed by atoms with van der Waals surface area (Å²) in [5.74, 6) is -1.29. The monoisotopic (exact) mass is 469 g/mol. The topological polar surface area (TPSA) is 52.7 Å². The number of rotatable bonds is 6. The smallest absolute Gasteiger partial charge is 0.256 e. The van der Waals surface area contributed by atoms with E-state index in [1.165, 1.54) is 11.6 Å². The van der Waals surface area contributed by atoms with Crippen LogP contribution in [0.1, 0.15) is 61.4 Å². The summed E-state index contributed by atoms with van der Waals surface area (Å²) in [5, 5.41) is 3.11. The van der Waals surface area contributed by atoms with Crippen LogP contribution in [-0.2, 0) is 4.79 Å². The van der Waals surface area contributed by atoms with E-state index >= 15 is 0 Å². The Bertz CT molecular complexity index is 1010. The Kier molecular flexibility index (Phi) is 7.61. The second kappa shape index (κ2) is 10.6. The van der Waals surface area contributed by atoms with Crippen molar-refractivity contribution in [2.75, 3.05) is 31.5 Å². The summed E-state index contributed by atoms with van der Waals surface area (Å²) in [6.07, 6.45) is 4.29. The lowest BCUT2D eigenvalue weighted by Gasteiger charge is -2.40. The summed E-state index contributed by atoms with van der Waals surface area (Å²) in [7, 11) is 0. The summed E-state index contributed by atoms with van der Waals surface area (Å²) >= 11 is 0. The van der Waals surface area contributed by atoms with Gasteiger partial charge in [0.05, 0.1) is 11.6 Å². The Morgan fingerprint density at radius 2 is 1.59 bits per heavy atom. The molecule has 1 saturated heterocycles. The second-order valence-corrected chi connectivity index (χ2v) is 9.71. The molecule has 1 saturated carbocycles. The van der Waals surface area contributed by atoms with E-state index in [-0.39, 0.29) is 23.4 Å². The van der Waals surface area contributed by atoms with E-state index in [9.17, 15) is 18.4 Å². The van der Waals surface area contributed by atoms with Crippen LogP contribution in [0.15, 0.2) is 42.5 Å². The molecule has 182 valence electrons. The predicted octanol–water partition coefficient (Wildman–Crippen LogP) is 5.04. The van der Waals surface area contributed by atoms with Crippen molar-refractivity contribution in [1.29, 1.82) is 0 Å². The average molecular weight is 470 g/mol. The Morgan fingerprint density at radius 3 is 2.18 bits per heavy atom. The van der Waals surface area contributed by atoms with E-state index in [0.717, 1.165) is 43.5 Å². The van der Waals surface area contributed by atoms with E-state index in [2.05, 4.69) is 24.1 Å². The highest BCUT2D eigenvalue weighted by atomic mass is 19.1. The Morgan fingerprint density at radius 1 is 0.941 bits per heavy atom. The molecule has 2 aliphatic rings. The molecule has 1 heterocycles. The highest BCUT2D eigenvalue weighted by Gasteiger charge is 2.37. The van der Waals surface area contributed by atoms with E-state index < -0.39 is 17.5 Å². The van der Waals surface area contributed by atoms with Crippen LogP contribution in [0.25, 0.3) is 0 Å². The number of benzene rings is 2. The molecule has 1 aliphatic heterocycles. The normalized spacial score (nSPS) is 18.3. The van der Waals surface area contributed by atoms with Gasteiger partial charge in [0.15, 0.2) is 0 Å². The van der Waals surface area contributed by atoms with Crippen molar-refractivity contribution in [2.24, 2.45) is 5.92 Å². The van der Waals surface area contributed by atoms with Crippen molar-refractivity contribution in [3.8, 4) is 0 Å². The molecule has 4 rings (SSSR count). The van der Waals surface area contributed by atoms with Gasteiger partial charge in [-0.1, -0.05) is 38.8 Å². The minimum atomic E-state index is -0.848. The molecule has 2 aromatic carbocycles. The first-order valence-corrected chi connectivity index (χ1v) is 12.2. The summed E-state index contributed by atoms with van der Waals surface area (Å²) in [6, 6.07) is 10.8. The average Bonchev–Trinajstić information content (AvgIpc) is 3.34. The van der Waals surface area contributed by atoms with Crippen LogP contribution in [0.2, 0.25) is 0 Å². The molecule has 5 nitrogen and oxygen atoms in total. The van der Waals surface area contributed by atoms with Gasteiger partial charge in [0.1, 0.15) is 11.6 Å². The fraction of sp³-hybridized carbons (Fsp3) is 0.481. The molecule has 0 spiro atoms. The number of piperazine rings is 1. The maximum atomic E-state index is 14.1. The first kappa shape index (κ1) is 24.3. The van der Waals surface area contributed by atoms with Crippen LogP contribution < -0.4 is 5.32 Å². The zero-order valence-corrected chi connectivity index (χ0v) is 19.9. The molecule has 7 heteroatoms. The van der Waals surface area contributed by atoms with Gasteiger partial charge in [-0.25, -0.2) is 8.78 Å². The fourth-order valence-electron chi connectivity index (χ4n) is 5.16. The molecule has 0 bridgehead atoms. The first-order chi connectivity index (χ1) is 16.3. The molecule has 0 radical (unpaired) electrons. The standard InChI is InChI=1S/C27H33F2N3O2/c1-18(2)19-7-10-22(11-8-19)30-26(33)25(20-5-3-4-6-20)31-13-15-32(16-14-31)27(34)23-12-9-21(28)17-24(23)29/h7-12,17-18,20,25H,3-6,13-16H2,1-2H3,(H,30,33)/t25-/m1/s1. The number of nitrogens with zero attached hydrogens (tertiary/aromatic N) is 2. The minimum absolute atomic E-state index is 0.00597. The molecule has 34 heavy (non-hydrogen) atoms. The molecule has 2 fully saturated rings. The lowest BCUT2D eigenvalue weighted by atomic mass is 9.94. The summed E-state index contributed by atoms with van der Waals surface area (Å²) in [6.45, 7) is 6.15. The Labute approximate surface area is 200 Å². The van der Waals surface area contributed by atoms with Crippen LogP contribution in [0, 0.1) is 17.6 Å². The van der Waals surface area contributed by atoms with Gasteiger partial charge in [0, 0.05) is 37.9 Å². The van der Waals surface area contributed by atoms with Crippen LogP contribution in [0.5, 0.6) is 0 Å². The first-order valence-electron chi connectivity index (χ1n) is 12.2. The van der Waals surface area contributed by atoms with Gasteiger partial charge in [0.25, 0.3) is 5.91 Å². The summed E-state index contributed by atoms with van der Waals surface area (Å²) < 4.78 is 27.3. The van der Waals surface area contributed by atoms with Gasteiger partial charge in [-0.3, -0.25) is 14.5 Å².